The molecule has 1 aromatic carbocycles. The Hall–Kier alpha value is -2.43. The second-order valence-corrected chi connectivity index (χ2v) is 4.33. The largest absolute Gasteiger partial charge is 0.464 e. The summed E-state index contributed by atoms with van der Waals surface area (Å²) in [6.07, 6.45) is 1.58. The smallest absolute Gasteiger partial charge is 0.328 e. The first-order chi connectivity index (χ1) is 9.63. The fraction of sp³-hybridized carbons (Fsp3) is 0.267. The van der Waals surface area contributed by atoms with Crippen LogP contribution in [0.5, 0.6) is 0 Å². The normalized spacial score (nSPS) is 11.9. The summed E-state index contributed by atoms with van der Waals surface area (Å²) in [5.41, 5.74) is 0.305. The lowest BCUT2D eigenvalue weighted by Crippen LogP contribution is -2.39. The number of rotatable bonds is 4. The number of carbonyl (C=O) groups excluding carboxylic acids is 2. The molecule has 1 aromatic heterocycles. The Morgan fingerprint density at radius 3 is 2.80 bits per heavy atom. The summed E-state index contributed by atoms with van der Waals surface area (Å²) in [5.74, 6) is -0.844. The third kappa shape index (κ3) is 2.93. The number of nitrogens with one attached hydrogen (secondary N) is 1. The number of esters is 1. The molecule has 0 saturated heterocycles. The van der Waals surface area contributed by atoms with Crippen LogP contribution in [0.1, 0.15) is 24.3 Å². The van der Waals surface area contributed by atoms with E-state index < -0.39 is 12.0 Å². The molecule has 0 spiro atoms. The summed E-state index contributed by atoms with van der Waals surface area (Å²) in [5, 5.41) is 4.28. The zero-order chi connectivity index (χ0) is 14.5. The lowest BCUT2D eigenvalue weighted by molar-refractivity contribution is -0.144. The fourth-order valence-corrected chi connectivity index (χ4v) is 1.89. The van der Waals surface area contributed by atoms with Crippen LogP contribution in [-0.4, -0.2) is 29.5 Å². The minimum atomic E-state index is -0.705. The van der Waals surface area contributed by atoms with Gasteiger partial charge in [0, 0.05) is 11.6 Å². The van der Waals surface area contributed by atoms with Gasteiger partial charge in [0.2, 0.25) is 0 Å². The Bertz CT molecular complexity index is 635. The molecule has 1 N–H and O–H groups in total. The molecule has 20 heavy (non-hydrogen) atoms. The Kier molecular flexibility index (Phi) is 4.30. The van der Waals surface area contributed by atoms with Gasteiger partial charge in [-0.25, -0.2) is 4.79 Å². The molecule has 0 bridgehead atoms. The minimum Gasteiger partial charge on any atom is -0.464 e. The van der Waals surface area contributed by atoms with Crippen LogP contribution in [0.2, 0.25) is 0 Å². The van der Waals surface area contributed by atoms with Gasteiger partial charge in [0.05, 0.1) is 6.61 Å². The fourth-order valence-electron chi connectivity index (χ4n) is 1.89. The predicted octanol–water partition coefficient (Wildman–Crippen LogP) is 1.92. The van der Waals surface area contributed by atoms with Gasteiger partial charge >= 0.3 is 5.97 Å². The number of amides is 1. The monoisotopic (exact) mass is 272 g/mol. The number of nitrogens with zero attached hydrogens (tertiary/aromatic N) is 1. The maximum absolute atomic E-state index is 12.2. The molecule has 2 aromatic rings. The molecule has 0 aliphatic carbocycles. The average Bonchev–Trinajstić information content (AvgIpc) is 2.46. The van der Waals surface area contributed by atoms with Crippen LogP contribution < -0.4 is 5.32 Å². The second kappa shape index (κ2) is 6.14. The summed E-state index contributed by atoms with van der Waals surface area (Å²) in [6.45, 7) is 3.59. The third-order valence-electron chi connectivity index (χ3n) is 2.88. The van der Waals surface area contributed by atoms with E-state index in [1.807, 2.05) is 30.3 Å². The van der Waals surface area contributed by atoms with E-state index in [1.165, 1.54) is 0 Å². The van der Waals surface area contributed by atoms with Crippen molar-refractivity contribution in [3.8, 4) is 0 Å². The third-order valence-corrected chi connectivity index (χ3v) is 2.88. The van der Waals surface area contributed by atoms with Crippen molar-refractivity contribution < 1.29 is 14.3 Å². The van der Waals surface area contributed by atoms with Crippen LogP contribution >= 0.6 is 0 Å². The SMILES string of the molecule is CCOC(=O)[C@@H](C)NC(=O)c1nccc2ccccc12. The number of ether oxygens (including phenoxy) is 1. The van der Waals surface area contributed by atoms with Crippen molar-refractivity contribution >= 4 is 22.6 Å². The van der Waals surface area contributed by atoms with Crippen LogP contribution in [0.15, 0.2) is 36.5 Å². The molecule has 104 valence electrons. The molecule has 0 radical (unpaired) electrons. The van der Waals surface area contributed by atoms with Crippen molar-refractivity contribution in [1.82, 2.24) is 10.3 Å². The van der Waals surface area contributed by atoms with E-state index in [4.69, 9.17) is 4.74 Å². The zero-order valence-corrected chi connectivity index (χ0v) is 11.4. The molecule has 0 unspecified atom stereocenters. The molecule has 0 saturated carbocycles. The minimum absolute atomic E-state index is 0.283. The number of hydrogen-bond donors (Lipinski definition) is 1. The van der Waals surface area contributed by atoms with Crippen LogP contribution in [-0.2, 0) is 9.53 Å². The van der Waals surface area contributed by atoms with Crippen molar-refractivity contribution in [2.24, 2.45) is 0 Å². The molecule has 0 fully saturated rings. The predicted molar refractivity (Wildman–Crippen MR) is 75.3 cm³/mol. The van der Waals surface area contributed by atoms with Crippen molar-refractivity contribution in [1.29, 1.82) is 0 Å². The Morgan fingerprint density at radius 1 is 1.30 bits per heavy atom. The number of aromatic nitrogens is 1. The van der Waals surface area contributed by atoms with E-state index >= 15 is 0 Å². The first kappa shape index (κ1) is 14.0. The van der Waals surface area contributed by atoms with Crippen molar-refractivity contribution in [3.05, 3.63) is 42.2 Å². The maximum Gasteiger partial charge on any atom is 0.328 e. The van der Waals surface area contributed by atoms with E-state index in [-0.39, 0.29) is 12.5 Å². The number of fused-ring (bicyclic) bond motifs is 1. The highest BCUT2D eigenvalue weighted by atomic mass is 16.5. The van der Waals surface area contributed by atoms with Crippen molar-refractivity contribution in [3.63, 3.8) is 0 Å². The van der Waals surface area contributed by atoms with Gasteiger partial charge < -0.3 is 10.1 Å². The maximum atomic E-state index is 12.2. The van der Waals surface area contributed by atoms with Gasteiger partial charge in [-0.1, -0.05) is 24.3 Å². The lowest BCUT2D eigenvalue weighted by Gasteiger charge is -2.13. The lowest BCUT2D eigenvalue weighted by atomic mass is 10.1. The summed E-state index contributed by atoms with van der Waals surface area (Å²) >= 11 is 0. The summed E-state index contributed by atoms with van der Waals surface area (Å²) < 4.78 is 4.85. The van der Waals surface area contributed by atoms with Gasteiger partial charge in [-0.2, -0.15) is 0 Å². The molecular weight excluding hydrogens is 256 g/mol. The van der Waals surface area contributed by atoms with E-state index in [0.29, 0.717) is 5.69 Å². The molecule has 5 heteroatoms. The van der Waals surface area contributed by atoms with Gasteiger partial charge in [0.25, 0.3) is 5.91 Å². The Labute approximate surface area is 117 Å². The zero-order valence-electron chi connectivity index (χ0n) is 11.4. The molecule has 0 aliphatic heterocycles. The van der Waals surface area contributed by atoms with Crippen molar-refractivity contribution in [2.75, 3.05) is 6.61 Å². The first-order valence-corrected chi connectivity index (χ1v) is 6.44. The van der Waals surface area contributed by atoms with Crippen LogP contribution in [0.25, 0.3) is 10.8 Å². The number of benzene rings is 1. The Balaban J connectivity index is 2.22. The molecule has 1 atom stereocenters. The van der Waals surface area contributed by atoms with Crippen LogP contribution in [0.3, 0.4) is 0 Å². The summed E-state index contributed by atoms with van der Waals surface area (Å²) in [7, 11) is 0. The van der Waals surface area contributed by atoms with Gasteiger partial charge in [0.15, 0.2) is 0 Å². The van der Waals surface area contributed by atoms with Gasteiger partial charge in [-0.05, 0) is 25.3 Å². The van der Waals surface area contributed by atoms with Gasteiger partial charge in [0.1, 0.15) is 11.7 Å². The number of hydrogen-bond acceptors (Lipinski definition) is 4. The highest BCUT2D eigenvalue weighted by molar-refractivity contribution is 6.06. The number of pyridine rings is 1. The molecule has 2 rings (SSSR count). The van der Waals surface area contributed by atoms with Crippen LogP contribution in [0, 0.1) is 0 Å². The van der Waals surface area contributed by atoms with E-state index in [0.717, 1.165) is 10.8 Å². The first-order valence-electron chi connectivity index (χ1n) is 6.44. The van der Waals surface area contributed by atoms with Gasteiger partial charge in [-0.15, -0.1) is 0 Å². The van der Waals surface area contributed by atoms with E-state index in [2.05, 4.69) is 10.3 Å². The second-order valence-electron chi connectivity index (χ2n) is 4.33. The highest BCUT2D eigenvalue weighted by Gasteiger charge is 2.19. The molecule has 5 nitrogen and oxygen atoms in total. The summed E-state index contributed by atoms with van der Waals surface area (Å²) in [4.78, 5) is 27.8. The van der Waals surface area contributed by atoms with Crippen LogP contribution in [0.4, 0.5) is 0 Å². The standard InChI is InChI=1S/C15H16N2O3/c1-3-20-15(19)10(2)17-14(18)13-12-7-5-4-6-11(12)8-9-16-13/h4-10H,3H2,1-2H3,(H,17,18)/t10-/m1/s1. The quantitative estimate of drug-likeness (QED) is 0.863. The topological polar surface area (TPSA) is 68.3 Å². The highest BCUT2D eigenvalue weighted by Crippen LogP contribution is 2.16. The molecule has 0 aliphatic rings. The molecule has 1 heterocycles. The number of carbonyl (C=O) groups is 2. The van der Waals surface area contributed by atoms with E-state index in [9.17, 15) is 9.59 Å². The molecular formula is C15H16N2O3. The average molecular weight is 272 g/mol. The summed E-state index contributed by atoms with van der Waals surface area (Å²) in [6, 6.07) is 8.60. The van der Waals surface area contributed by atoms with Gasteiger partial charge in [-0.3, -0.25) is 9.78 Å². The molecule has 1 amide bonds. The van der Waals surface area contributed by atoms with Crippen molar-refractivity contribution in [2.45, 2.75) is 19.9 Å². The van der Waals surface area contributed by atoms with E-state index in [1.54, 1.807) is 20.0 Å². The Morgan fingerprint density at radius 2 is 2.05 bits per heavy atom.